The maximum atomic E-state index is 14.2. The Morgan fingerprint density at radius 3 is 0.634 bits per heavy atom. The molecule has 0 aliphatic carbocycles. The number of carbonyl (C=O) groups is 4. The fourth-order valence-corrected chi connectivity index (χ4v) is 15.8. The van der Waals surface area contributed by atoms with Gasteiger partial charge in [0.1, 0.15) is 54.8 Å². The van der Waals surface area contributed by atoms with Crippen LogP contribution >= 0.6 is 0 Å². The Balaban J connectivity index is 1.68. The number of rotatable bonds is 36. The van der Waals surface area contributed by atoms with E-state index >= 15 is 0 Å². The average molecular weight is 1350 g/mol. The quantitative estimate of drug-likeness (QED) is 0.0243. The highest BCUT2D eigenvalue weighted by Gasteiger charge is 2.40. The molecule has 0 radical (unpaired) electrons. The van der Waals surface area contributed by atoms with Crippen molar-refractivity contribution in [1.29, 1.82) is 0 Å². The zero-order chi connectivity index (χ0) is 70.7. The first-order valence-corrected chi connectivity index (χ1v) is 47.9. The van der Waals surface area contributed by atoms with Gasteiger partial charge in [0.2, 0.25) is 33.3 Å². The first-order chi connectivity index (χ1) is 42.4. The second-order valence-corrected chi connectivity index (χ2v) is 51.5. The van der Waals surface area contributed by atoms with Crippen LogP contribution < -0.4 is 17.7 Å². The van der Waals surface area contributed by atoms with Crippen LogP contribution in [0, 0.1) is 60.8 Å². The van der Waals surface area contributed by atoms with E-state index in [4.69, 9.17) is 36.7 Å². The summed E-state index contributed by atoms with van der Waals surface area (Å²) in [6.07, 6.45) is 5.07. The van der Waals surface area contributed by atoms with Gasteiger partial charge < -0.3 is 36.7 Å². The van der Waals surface area contributed by atoms with Crippen molar-refractivity contribution in [2.24, 2.45) is 5.41 Å². The zero-order valence-corrected chi connectivity index (χ0v) is 67.3. The summed E-state index contributed by atoms with van der Waals surface area (Å²) in [5.41, 5.74) is 10.5. The highest BCUT2D eigenvalue weighted by Crippen LogP contribution is 2.44. The molecule has 0 N–H and O–H groups in total. The molecule has 0 saturated carbocycles. The first kappa shape index (κ1) is 80.3. The molecule has 0 aromatic heterocycles. The van der Waals surface area contributed by atoms with Gasteiger partial charge in [0.25, 0.3) is 0 Å². The van der Waals surface area contributed by atoms with E-state index in [1.807, 2.05) is 0 Å². The summed E-state index contributed by atoms with van der Waals surface area (Å²) in [6, 6.07) is 17.4. The Labute approximate surface area is 568 Å². The summed E-state index contributed by atoms with van der Waals surface area (Å²) in [5.74, 6) is 1.78. The lowest BCUT2D eigenvalue weighted by Gasteiger charge is -2.33. The van der Waals surface area contributed by atoms with E-state index in [1.54, 1.807) is 0 Å². The molecule has 16 heteroatoms. The predicted octanol–water partition coefficient (Wildman–Crippen LogP) is 20.1. The Kier molecular flexibility index (Phi) is 27.8. The van der Waals surface area contributed by atoms with Gasteiger partial charge in [-0.3, -0.25) is 19.2 Å². The number of hydrogen-bond donors (Lipinski definition) is 0. The van der Waals surface area contributed by atoms with E-state index < -0.39 is 62.6 Å². The Morgan fingerprint density at radius 1 is 0.301 bits per heavy atom. The maximum Gasteiger partial charge on any atom is 0.305 e. The van der Waals surface area contributed by atoms with E-state index in [9.17, 15) is 19.2 Å². The monoisotopic (exact) mass is 1350 g/mol. The van der Waals surface area contributed by atoms with Crippen molar-refractivity contribution in [3.63, 3.8) is 0 Å². The van der Waals surface area contributed by atoms with E-state index in [2.05, 4.69) is 238 Å². The van der Waals surface area contributed by atoms with Crippen LogP contribution in [0.3, 0.4) is 0 Å². The summed E-state index contributed by atoms with van der Waals surface area (Å²) in [4.78, 5) is 56.8. The normalized spacial score (nSPS) is 12.9. The van der Waals surface area contributed by atoms with Crippen LogP contribution in [0.4, 0.5) is 0 Å². The predicted molar refractivity (Wildman–Crippen MR) is 393 cm³/mol. The number of ether oxygens (including phenoxy) is 4. The minimum atomic E-state index is -1.97. The molecule has 4 aromatic rings. The van der Waals surface area contributed by atoms with Crippen LogP contribution in [0.2, 0.25) is 78.6 Å². The summed E-state index contributed by atoms with van der Waals surface area (Å²) in [6.45, 7) is 59.1. The molecule has 0 amide bonds. The van der Waals surface area contributed by atoms with E-state index in [0.29, 0.717) is 51.4 Å². The lowest BCUT2D eigenvalue weighted by atomic mass is 9.78. The molecule has 0 bridgehead atoms. The molecule has 12 nitrogen and oxygen atoms in total. The molecular formula is C77H124O12Si4. The van der Waals surface area contributed by atoms with Crippen molar-refractivity contribution in [1.82, 2.24) is 0 Å². The molecule has 0 fully saturated rings. The smallest absolute Gasteiger partial charge is 0.305 e. The van der Waals surface area contributed by atoms with E-state index in [-0.39, 0.29) is 73.8 Å². The lowest BCUT2D eigenvalue weighted by molar-refractivity contribution is -0.170. The second kappa shape index (κ2) is 32.3. The number of hydrogen-bond acceptors (Lipinski definition) is 12. The Bertz CT molecular complexity index is 2790. The van der Waals surface area contributed by atoms with Crippen molar-refractivity contribution in [3.05, 3.63) is 115 Å². The summed E-state index contributed by atoms with van der Waals surface area (Å²) in [7, 11) is -7.90. The summed E-state index contributed by atoms with van der Waals surface area (Å²) in [5, 5.41) is 0. The third-order valence-electron chi connectivity index (χ3n) is 17.1. The fourth-order valence-electron chi connectivity index (χ4n) is 12.3. The first-order valence-electron chi connectivity index (χ1n) is 34.3. The van der Waals surface area contributed by atoms with Crippen molar-refractivity contribution in [2.45, 2.75) is 288 Å². The summed E-state index contributed by atoms with van der Waals surface area (Å²) >= 11 is 0. The molecule has 0 aliphatic heterocycles. The average Bonchev–Trinajstić information content (AvgIpc) is 0.823. The minimum Gasteiger partial charge on any atom is -0.544 e. The highest BCUT2D eigenvalue weighted by atomic mass is 28.4. The molecule has 0 atom stereocenters. The molecule has 4 aromatic carbocycles. The lowest BCUT2D eigenvalue weighted by Crippen LogP contribution is -2.44. The van der Waals surface area contributed by atoms with Gasteiger partial charge in [-0.1, -0.05) is 126 Å². The molecule has 0 saturated heterocycles. The molecule has 520 valence electrons. The molecule has 0 heterocycles. The van der Waals surface area contributed by atoms with Crippen LogP contribution in [0.5, 0.6) is 23.0 Å². The van der Waals surface area contributed by atoms with Gasteiger partial charge in [0.15, 0.2) is 0 Å². The van der Waals surface area contributed by atoms with Crippen LogP contribution in [0.1, 0.15) is 199 Å². The third kappa shape index (κ3) is 26.1. The van der Waals surface area contributed by atoms with Gasteiger partial charge in [-0.15, -0.1) is 0 Å². The van der Waals surface area contributed by atoms with Crippen LogP contribution in [-0.2, 0) is 59.8 Å². The van der Waals surface area contributed by atoms with Crippen LogP contribution in [0.15, 0.2) is 48.5 Å². The van der Waals surface area contributed by atoms with Gasteiger partial charge >= 0.3 is 23.9 Å². The fraction of sp³-hybridized carbons (Fsp3) is 0.636. The van der Waals surface area contributed by atoms with Crippen LogP contribution in [0.25, 0.3) is 0 Å². The number of aryl methyl sites for hydroxylation is 8. The maximum absolute atomic E-state index is 14.2. The summed E-state index contributed by atoms with van der Waals surface area (Å²) < 4.78 is 51.7. The van der Waals surface area contributed by atoms with Crippen molar-refractivity contribution in [2.75, 3.05) is 26.4 Å². The van der Waals surface area contributed by atoms with Gasteiger partial charge in [0.05, 0.1) is 0 Å². The Hall–Kier alpha value is -5.17. The van der Waals surface area contributed by atoms with Crippen LogP contribution in [-0.4, -0.2) is 83.6 Å². The largest absolute Gasteiger partial charge is 0.544 e. The van der Waals surface area contributed by atoms with Crippen molar-refractivity contribution < 1.29 is 55.8 Å². The molecular weight excluding hydrogens is 1230 g/mol. The molecule has 0 aliphatic rings. The topological polar surface area (TPSA) is 142 Å². The standard InChI is InChI=1S/C77H124O12Si4/c1-53-41-57(5)69(86-90(17,18)19)61(45-53)73(9,10)37-29-33-65(78)82-49-77(50-83-66(79)34-30-38-74(11,12)62-46-54(2)42-58(6)70(62)87-91(20,21)22,51-84-67(80)35-31-39-75(13,14)63-47-55(3)43-59(7)71(63)88-92(23,24)25)52-85-68(81)36-32-40-76(15,16)64-48-56(4)44-60(8)72(64)89-93(26,27)28/h41-48H,29-40,49-52H2,1-28H3. The van der Waals surface area contributed by atoms with E-state index in [1.165, 1.54) is 0 Å². The Morgan fingerprint density at radius 2 is 0.473 bits per heavy atom. The van der Waals surface area contributed by atoms with Crippen molar-refractivity contribution in [3.8, 4) is 23.0 Å². The molecule has 93 heavy (non-hydrogen) atoms. The number of benzene rings is 4. The van der Waals surface area contributed by atoms with Crippen molar-refractivity contribution >= 4 is 57.1 Å². The highest BCUT2D eigenvalue weighted by molar-refractivity contribution is 6.71. The van der Waals surface area contributed by atoms with Gasteiger partial charge in [0, 0.05) is 25.7 Å². The molecule has 0 spiro atoms. The number of esters is 4. The molecule has 0 unspecified atom stereocenters. The van der Waals surface area contributed by atoms with Gasteiger partial charge in [-0.2, -0.15) is 0 Å². The minimum absolute atomic E-state index is 0.0940. The second-order valence-electron chi connectivity index (χ2n) is 33.8. The number of carbonyl (C=O) groups excluding carboxylic acids is 4. The SMILES string of the molecule is Cc1cc(C)c(O[Si](C)(C)C)c(C(C)(C)CCCC(=O)OCC(COC(=O)CCCC(C)(C)c2cc(C)cc(C)c2O[Si](C)(C)C)(COC(=O)CCCC(C)(C)c2cc(C)cc(C)c2O[Si](C)(C)C)COC(=O)CCCC(C)(C)c2cc(C)cc(C)c2O[Si](C)(C)C)c1. The van der Waals surface area contributed by atoms with Gasteiger partial charge in [-0.05, 0) is 251 Å². The molecule has 4 rings (SSSR count). The third-order valence-corrected chi connectivity index (χ3v) is 20.4. The van der Waals surface area contributed by atoms with Gasteiger partial charge in [-0.25, -0.2) is 0 Å². The van der Waals surface area contributed by atoms with E-state index in [0.717, 1.165) is 89.8 Å². The zero-order valence-electron chi connectivity index (χ0n) is 63.3.